The van der Waals surface area contributed by atoms with Gasteiger partial charge in [0.2, 0.25) is 0 Å². The second kappa shape index (κ2) is 5.24. The summed E-state index contributed by atoms with van der Waals surface area (Å²) in [6.07, 6.45) is 3.76. The number of aromatic nitrogens is 2. The maximum absolute atomic E-state index is 4.29. The standard InChI is InChI=1S/C14H18BrN3/c1-14(2,3)16-10-11-9-12(15)5-6-13(11)18-8-4-7-17-18/h4-9,16H,10H2,1-3H3. The third kappa shape index (κ3) is 3.43. The summed E-state index contributed by atoms with van der Waals surface area (Å²) in [5, 5.41) is 7.80. The highest BCUT2D eigenvalue weighted by atomic mass is 79.9. The lowest BCUT2D eigenvalue weighted by molar-refractivity contribution is 0.424. The maximum Gasteiger partial charge on any atom is 0.0691 e. The summed E-state index contributed by atoms with van der Waals surface area (Å²) < 4.78 is 2.98. The summed E-state index contributed by atoms with van der Waals surface area (Å²) in [6, 6.07) is 8.19. The number of benzene rings is 1. The highest BCUT2D eigenvalue weighted by Gasteiger charge is 2.11. The van der Waals surface area contributed by atoms with Crippen molar-refractivity contribution >= 4 is 15.9 Å². The summed E-state index contributed by atoms with van der Waals surface area (Å²) >= 11 is 3.52. The topological polar surface area (TPSA) is 29.9 Å². The highest BCUT2D eigenvalue weighted by Crippen LogP contribution is 2.20. The molecule has 2 aromatic rings. The van der Waals surface area contributed by atoms with E-state index < -0.39 is 0 Å². The van der Waals surface area contributed by atoms with Gasteiger partial charge in [-0.3, -0.25) is 0 Å². The molecule has 0 bridgehead atoms. The molecule has 0 atom stereocenters. The molecule has 1 aromatic carbocycles. The molecule has 0 aliphatic rings. The molecule has 0 amide bonds. The van der Waals surface area contributed by atoms with Gasteiger partial charge >= 0.3 is 0 Å². The summed E-state index contributed by atoms with van der Waals surface area (Å²) in [5.74, 6) is 0. The molecule has 1 heterocycles. The zero-order chi connectivity index (χ0) is 13.2. The van der Waals surface area contributed by atoms with Crippen molar-refractivity contribution in [1.29, 1.82) is 0 Å². The first-order chi connectivity index (χ1) is 8.46. The zero-order valence-corrected chi connectivity index (χ0v) is 12.5. The third-order valence-corrected chi connectivity index (χ3v) is 3.10. The molecule has 96 valence electrons. The van der Waals surface area contributed by atoms with Gasteiger partial charge in [-0.25, -0.2) is 4.68 Å². The predicted octanol–water partition coefficient (Wildman–Crippen LogP) is 3.52. The van der Waals surface area contributed by atoms with E-state index >= 15 is 0 Å². The van der Waals surface area contributed by atoms with Crippen LogP contribution in [0.1, 0.15) is 26.3 Å². The van der Waals surface area contributed by atoms with Gasteiger partial charge in [0.05, 0.1) is 5.69 Å². The van der Waals surface area contributed by atoms with Crippen molar-refractivity contribution < 1.29 is 0 Å². The first kappa shape index (κ1) is 13.3. The van der Waals surface area contributed by atoms with Crippen LogP contribution in [0.4, 0.5) is 0 Å². The van der Waals surface area contributed by atoms with Gasteiger partial charge < -0.3 is 5.32 Å². The van der Waals surface area contributed by atoms with Crippen LogP contribution in [0.25, 0.3) is 5.69 Å². The van der Waals surface area contributed by atoms with Crippen LogP contribution < -0.4 is 5.32 Å². The zero-order valence-electron chi connectivity index (χ0n) is 10.9. The first-order valence-electron chi connectivity index (χ1n) is 5.99. The maximum atomic E-state index is 4.29. The number of hydrogen-bond acceptors (Lipinski definition) is 2. The number of nitrogens with zero attached hydrogens (tertiary/aromatic N) is 2. The van der Waals surface area contributed by atoms with Gasteiger partial charge in [-0.1, -0.05) is 15.9 Å². The van der Waals surface area contributed by atoms with E-state index in [0.717, 1.165) is 16.7 Å². The molecule has 0 fully saturated rings. The minimum atomic E-state index is 0.101. The van der Waals surface area contributed by atoms with Crippen LogP contribution in [0.2, 0.25) is 0 Å². The van der Waals surface area contributed by atoms with Crippen molar-refractivity contribution in [2.45, 2.75) is 32.9 Å². The Morgan fingerprint density at radius 3 is 2.72 bits per heavy atom. The summed E-state index contributed by atoms with van der Waals surface area (Å²) in [5.41, 5.74) is 2.44. The van der Waals surface area contributed by atoms with Gasteiger partial charge in [0, 0.05) is 29.0 Å². The number of halogens is 1. The van der Waals surface area contributed by atoms with E-state index in [1.165, 1.54) is 5.56 Å². The fraction of sp³-hybridized carbons (Fsp3) is 0.357. The molecule has 3 nitrogen and oxygen atoms in total. The molecule has 0 saturated heterocycles. The molecule has 0 spiro atoms. The second-order valence-electron chi connectivity index (χ2n) is 5.33. The number of hydrogen-bond donors (Lipinski definition) is 1. The molecule has 1 aromatic heterocycles. The fourth-order valence-electron chi connectivity index (χ4n) is 1.69. The Bertz CT molecular complexity index is 512. The lowest BCUT2D eigenvalue weighted by atomic mass is 10.1. The average Bonchev–Trinajstić information content (AvgIpc) is 2.79. The van der Waals surface area contributed by atoms with Gasteiger partial charge in [0.15, 0.2) is 0 Å². The van der Waals surface area contributed by atoms with E-state index in [1.807, 2.05) is 23.0 Å². The minimum absolute atomic E-state index is 0.101. The Hall–Kier alpha value is -1.13. The van der Waals surface area contributed by atoms with Gasteiger partial charge in [0.25, 0.3) is 0 Å². The van der Waals surface area contributed by atoms with Crippen LogP contribution in [-0.4, -0.2) is 15.3 Å². The van der Waals surface area contributed by atoms with Crippen molar-refractivity contribution in [1.82, 2.24) is 15.1 Å². The molecular weight excluding hydrogens is 290 g/mol. The second-order valence-corrected chi connectivity index (χ2v) is 6.24. The van der Waals surface area contributed by atoms with Gasteiger partial charge in [0.1, 0.15) is 0 Å². The fourth-order valence-corrected chi connectivity index (χ4v) is 2.10. The molecule has 1 N–H and O–H groups in total. The van der Waals surface area contributed by atoms with Crippen molar-refractivity contribution in [3.63, 3.8) is 0 Å². The third-order valence-electron chi connectivity index (χ3n) is 2.60. The lowest BCUT2D eigenvalue weighted by Crippen LogP contribution is -2.35. The van der Waals surface area contributed by atoms with Crippen LogP contribution in [-0.2, 0) is 6.54 Å². The lowest BCUT2D eigenvalue weighted by Gasteiger charge is -2.21. The van der Waals surface area contributed by atoms with E-state index in [0.29, 0.717) is 0 Å². The van der Waals surface area contributed by atoms with Gasteiger partial charge in [-0.15, -0.1) is 0 Å². The minimum Gasteiger partial charge on any atom is -0.308 e. The van der Waals surface area contributed by atoms with Crippen LogP contribution in [0.15, 0.2) is 41.1 Å². The molecule has 2 rings (SSSR count). The van der Waals surface area contributed by atoms with Crippen LogP contribution >= 0.6 is 15.9 Å². The molecule has 0 aliphatic heterocycles. The quantitative estimate of drug-likeness (QED) is 0.940. The van der Waals surface area contributed by atoms with E-state index in [2.05, 4.69) is 59.2 Å². The Balaban J connectivity index is 2.30. The molecular formula is C14H18BrN3. The molecule has 0 radical (unpaired) electrons. The van der Waals surface area contributed by atoms with Crippen molar-refractivity contribution in [3.05, 3.63) is 46.7 Å². The molecule has 4 heteroatoms. The first-order valence-corrected chi connectivity index (χ1v) is 6.78. The molecule has 0 unspecified atom stereocenters. The number of rotatable bonds is 3. The van der Waals surface area contributed by atoms with Crippen molar-refractivity contribution in [2.75, 3.05) is 0 Å². The smallest absolute Gasteiger partial charge is 0.0691 e. The Labute approximate surface area is 116 Å². The SMILES string of the molecule is CC(C)(C)NCc1cc(Br)ccc1-n1cccn1. The van der Waals surface area contributed by atoms with Crippen LogP contribution in [0.5, 0.6) is 0 Å². The van der Waals surface area contributed by atoms with E-state index in [9.17, 15) is 0 Å². The Morgan fingerprint density at radius 1 is 1.33 bits per heavy atom. The van der Waals surface area contributed by atoms with Gasteiger partial charge in [-0.05, 0) is 50.6 Å². The van der Waals surface area contributed by atoms with Crippen LogP contribution in [0, 0.1) is 0 Å². The van der Waals surface area contributed by atoms with Crippen LogP contribution in [0.3, 0.4) is 0 Å². The average molecular weight is 308 g/mol. The molecule has 18 heavy (non-hydrogen) atoms. The predicted molar refractivity (Wildman–Crippen MR) is 77.9 cm³/mol. The Morgan fingerprint density at radius 2 is 2.11 bits per heavy atom. The largest absolute Gasteiger partial charge is 0.308 e. The van der Waals surface area contributed by atoms with Crippen molar-refractivity contribution in [2.24, 2.45) is 0 Å². The molecule has 0 aliphatic carbocycles. The van der Waals surface area contributed by atoms with Gasteiger partial charge in [-0.2, -0.15) is 5.10 Å². The molecule has 0 saturated carbocycles. The summed E-state index contributed by atoms with van der Waals surface area (Å²) in [6.45, 7) is 7.31. The monoisotopic (exact) mass is 307 g/mol. The van der Waals surface area contributed by atoms with Crippen molar-refractivity contribution in [3.8, 4) is 5.69 Å². The van der Waals surface area contributed by atoms with E-state index in [-0.39, 0.29) is 5.54 Å². The summed E-state index contributed by atoms with van der Waals surface area (Å²) in [7, 11) is 0. The highest BCUT2D eigenvalue weighted by molar-refractivity contribution is 9.10. The normalized spacial score (nSPS) is 11.8. The van der Waals surface area contributed by atoms with E-state index in [1.54, 1.807) is 6.20 Å². The number of nitrogens with one attached hydrogen (secondary N) is 1. The Kier molecular flexibility index (Phi) is 3.88. The summed E-state index contributed by atoms with van der Waals surface area (Å²) in [4.78, 5) is 0. The van der Waals surface area contributed by atoms with E-state index in [4.69, 9.17) is 0 Å².